The Hall–Kier alpha value is -1.29. The van der Waals surface area contributed by atoms with Crippen molar-refractivity contribution in [3.8, 4) is 0 Å². The van der Waals surface area contributed by atoms with E-state index >= 15 is 0 Å². The second-order valence-electron chi connectivity index (χ2n) is 4.57. The summed E-state index contributed by atoms with van der Waals surface area (Å²) < 4.78 is 15.8. The third kappa shape index (κ3) is 3.60. The fraction of sp³-hybridized carbons (Fsp3) is 0.615. The van der Waals surface area contributed by atoms with Crippen molar-refractivity contribution in [2.45, 2.75) is 45.8 Å². The van der Waals surface area contributed by atoms with Crippen LogP contribution in [0.3, 0.4) is 0 Å². The molecular formula is C13H20O4. The van der Waals surface area contributed by atoms with Crippen LogP contribution >= 0.6 is 0 Å². The van der Waals surface area contributed by atoms with Gasteiger partial charge in [0, 0.05) is 0 Å². The van der Waals surface area contributed by atoms with E-state index in [4.69, 9.17) is 9.15 Å². The molecule has 0 aliphatic rings. The molecule has 1 heterocycles. The van der Waals surface area contributed by atoms with Crippen molar-refractivity contribution in [1.82, 2.24) is 0 Å². The molecule has 4 heteroatoms. The lowest BCUT2D eigenvalue weighted by Crippen LogP contribution is -2.24. The molecular weight excluding hydrogens is 220 g/mol. The molecule has 0 bridgehead atoms. The number of hydrogen-bond donors (Lipinski definition) is 0. The van der Waals surface area contributed by atoms with Gasteiger partial charge < -0.3 is 13.9 Å². The van der Waals surface area contributed by atoms with E-state index in [-0.39, 0.29) is 17.5 Å². The molecule has 0 saturated heterocycles. The summed E-state index contributed by atoms with van der Waals surface area (Å²) in [4.78, 5) is 11.2. The molecule has 0 aliphatic carbocycles. The molecule has 0 fully saturated rings. The van der Waals surface area contributed by atoms with Crippen LogP contribution < -0.4 is 0 Å². The van der Waals surface area contributed by atoms with Crippen molar-refractivity contribution >= 4 is 5.97 Å². The highest BCUT2D eigenvalue weighted by Crippen LogP contribution is 2.27. The maximum Gasteiger partial charge on any atom is 0.373 e. The van der Waals surface area contributed by atoms with E-state index < -0.39 is 5.97 Å². The molecule has 0 N–H and O–H groups in total. The fourth-order valence-electron chi connectivity index (χ4n) is 1.40. The number of carbonyl (C=O) groups is 1. The van der Waals surface area contributed by atoms with Gasteiger partial charge in [0.15, 0.2) is 0 Å². The standard InChI is InChI=1S/C13H20O4/c1-6-13(3,4)17-9(2)10-7-8-11(16-10)12(14)15-5/h7-9H,6H2,1-5H3. The predicted molar refractivity (Wildman–Crippen MR) is 63.9 cm³/mol. The summed E-state index contributed by atoms with van der Waals surface area (Å²) in [6.07, 6.45) is 0.713. The van der Waals surface area contributed by atoms with E-state index in [0.29, 0.717) is 5.76 Å². The van der Waals surface area contributed by atoms with Crippen LogP contribution in [0, 0.1) is 0 Å². The molecule has 1 atom stereocenters. The van der Waals surface area contributed by atoms with E-state index in [1.165, 1.54) is 7.11 Å². The SMILES string of the molecule is CCC(C)(C)OC(C)c1ccc(C(=O)OC)o1. The molecule has 4 nitrogen and oxygen atoms in total. The van der Waals surface area contributed by atoms with Crippen molar-refractivity contribution < 1.29 is 18.7 Å². The lowest BCUT2D eigenvalue weighted by atomic mass is 10.1. The summed E-state index contributed by atoms with van der Waals surface area (Å²) in [5.41, 5.74) is -0.211. The maximum absolute atomic E-state index is 11.2. The predicted octanol–water partition coefficient (Wildman–Crippen LogP) is 3.33. The molecule has 0 aromatic carbocycles. The third-order valence-electron chi connectivity index (χ3n) is 2.76. The monoisotopic (exact) mass is 240 g/mol. The summed E-state index contributed by atoms with van der Waals surface area (Å²) >= 11 is 0. The molecule has 0 amide bonds. The van der Waals surface area contributed by atoms with Crippen molar-refractivity contribution in [3.63, 3.8) is 0 Å². The van der Waals surface area contributed by atoms with E-state index in [9.17, 15) is 4.79 Å². The van der Waals surface area contributed by atoms with E-state index in [2.05, 4.69) is 11.7 Å². The Morgan fingerprint density at radius 1 is 1.47 bits per heavy atom. The van der Waals surface area contributed by atoms with Crippen LogP contribution in [0.1, 0.15) is 56.5 Å². The van der Waals surface area contributed by atoms with Gasteiger partial charge in [-0.1, -0.05) is 6.92 Å². The Bertz CT molecular complexity index is 379. The number of rotatable bonds is 5. The van der Waals surface area contributed by atoms with Gasteiger partial charge in [0.05, 0.1) is 12.7 Å². The first kappa shape index (κ1) is 13.8. The van der Waals surface area contributed by atoms with Gasteiger partial charge in [-0.3, -0.25) is 0 Å². The zero-order chi connectivity index (χ0) is 13.1. The number of hydrogen-bond acceptors (Lipinski definition) is 4. The Morgan fingerprint density at radius 2 is 2.12 bits per heavy atom. The molecule has 1 unspecified atom stereocenters. The number of methoxy groups -OCH3 is 1. The zero-order valence-electron chi connectivity index (χ0n) is 11.1. The lowest BCUT2D eigenvalue weighted by Gasteiger charge is -2.26. The first-order chi connectivity index (χ1) is 7.89. The second kappa shape index (κ2) is 5.36. The van der Waals surface area contributed by atoms with Crippen LogP contribution in [0.15, 0.2) is 16.5 Å². The van der Waals surface area contributed by atoms with E-state index in [1.54, 1.807) is 12.1 Å². The van der Waals surface area contributed by atoms with Gasteiger partial charge in [-0.2, -0.15) is 0 Å². The van der Waals surface area contributed by atoms with Gasteiger partial charge in [0.25, 0.3) is 0 Å². The van der Waals surface area contributed by atoms with Crippen molar-refractivity contribution in [2.24, 2.45) is 0 Å². The van der Waals surface area contributed by atoms with Gasteiger partial charge >= 0.3 is 5.97 Å². The van der Waals surface area contributed by atoms with Crippen LogP contribution in [0.5, 0.6) is 0 Å². The molecule has 0 aliphatic heterocycles. The van der Waals surface area contributed by atoms with Crippen LogP contribution in [-0.2, 0) is 9.47 Å². The normalized spacial score (nSPS) is 13.5. The van der Waals surface area contributed by atoms with Gasteiger partial charge in [-0.05, 0) is 39.3 Å². The van der Waals surface area contributed by atoms with Crippen LogP contribution in [0.25, 0.3) is 0 Å². The topological polar surface area (TPSA) is 48.7 Å². The Kier molecular flexibility index (Phi) is 4.34. The first-order valence-electron chi connectivity index (χ1n) is 5.75. The highest BCUT2D eigenvalue weighted by molar-refractivity contribution is 5.86. The highest BCUT2D eigenvalue weighted by Gasteiger charge is 2.23. The molecule has 1 aromatic rings. The maximum atomic E-state index is 11.2. The summed E-state index contributed by atoms with van der Waals surface area (Å²) in [5, 5.41) is 0. The van der Waals surface area contributed by atoms with Gasteiger partial charge in [-0.15, -0.1) is 0 Å². The minimum atomic E-state index is -0.474. The highest BCUT2D eigenvalue weighted by atomic mass is 16.5. The molecule has 17 heavy (non-hydrogen) atoms. The molecule has 0 spiro atoms. The zero-order valence-corrected chi connectivity index (χ0v) is 11.1. The molecule has 1 aromatic heterocycles. The van der Waals surface area contributed by atoms with Crippen LogP contribution in [0.2, 0.25) is 0 Å². The summed E-state index contributed by atoms with van der Waals surface area (Å²) in [6.45, 7) is 8.01. The summed E-state index contributed by atoms with van der Waals surface area (Å²) in [6, 6.07) is 3.34. The second-order valence-corrected chi connectivity index (χ2v) is 4.57. The smallest absolute Gasteiger partial charge is 0.373 e. The van der Waals surface area contributed by atoms with Gasteiger partial charge in [0.2, 0.25) is 5.76 Å². The van der Waals surface area contributed by atoms with E-state index in [0.717, 1.165) is 6.42 Å². The van der Waals surface area contributed by atoms with Crippen molar-refractivity contribution in [1.29, 1.82) is 0 Å². The molecule has 0 saturated carbocycles. The number of ether oxygens (including phenoxy) is 2. The summed E-state index contributed by atoms with van der Waals surface area (Å²) in [7, 11) is 1.32. The number of esters is 1. The minimum Gasteiger partial charge on any atom is -0.463 e. The Balaban J connectivity index is 2.73. The van der Waals surface area contributed by atoms with Crippen molar-refractivity contribution in [3.05, 3.63) is 23.7 Å². The van der Waals surface area contributed by atoms with Crippen LogP contribution in [0.4, 0.5) is 0 Å². The van der Waals surface area contributed by atoms with E-state index in [1.807, 2.05) is 20.8 Å². The molecule has 1 rings (SSSR count). The van der Waals surface area contributed by atoms with Gasteiger partial charge in [0.1, 0.15) is 11.9 Å². The lowest BCUT2D eigenvalue weighted by molar-refractivity contribution is -0.0752. The average molecular weight is 240 g/mol. The number of carbonyl (C=O) groups excluding carboxylic acids is 1. The minimum absolute atomic E-state index is 0.191. The molecule has 96 valence electrons. The average Bonchev–Trinajstić information content (AvgIpc) is 2.77. The van der Waals surface area contributed by atoms with Gasteiger partial charge in [-0.25, -0.2) is 4.79 Å². The largest absolute Gasteiger partial charge is 0.463 e. The molecule has 0 radical (unpaired) electrons. The van der Waals surface area contributed by atoms with Crippen LogP contribution in [-0.4, -0.2) is 18.7 Å². The quantitative estimate of drug-likeness (QED) is 0.741. The Labute approximate surface area is 102 Å². The third-order valence-corrected chi connectivity index (χ3v) is 2.76. The summed E-state index contributed by atoms with van der Waals surface area (Å²) in [5.74, 6) is 0.359. The first-order valence-corrected chi connectivity index (χ1v) is 5.75. The number of furan rings is 1. The Morgan fingerprint density at radius 3 is 2.65 bits per heavy atom. The van der Waals surface area contributed by atoms with Crippen molar-refractivity contribution in [2.75, 3.05) is 7.11 Å². The fourth-order valence-corrected chi connectivity index (χ4v) is 1.40.